The number of anilines is 1. The lowest BCUT2D eigenvalue weighted by Crippen LogP contribution is -2.49. The molecule has 1 fully saturated rings. The summed E-state index contributed by atoms with van der Waals surface area (Å²) >= 11 is 1.31. The van der Waals surface area contributed by atoms with Gasteiger partial charge in [0.25, 0.3) is 5.91 Å². The molecule has 0 saturated carbocycles. The Morgan fingerprint density at radius 3 is 2.71 bits per heavy atom. The van der Waals surface area contributed by atoms with Crippen LogP contribution >= 0.6 is 11.3 Å². The zero-order chi connectivity index (χ0) is 20.5. The Labute approximate surface area is 168 Å². The number of carbonyl (C=O) groups is 2. The number of sulfonamides is 1. The summed E-state index contributed by atoms with van der Waals surface area (Å²) in [6.45, 7) is 6.32. The van der Waals surface area contributed by atoms with E-state index in [0.717, 1.165) is 9.31 Å². The molecule has 0 spiro atoms. The third kappa shape index (κ3) is 4.40. The predicted molar refractivity (Wildman–Crippen MR) is 107 cm³/mol. The first-order valence-corrected chi connectivity index (χ1v) is 11.0. The maximum atomic E-state index is 12.8. The maximum Gasteiger partial charge on any atom is 0.267 e. The molecule has 0 atom stereocenters. The minimum absolute atomic E-state index is 0.0275. The van der Waals surface area contributed by atoms with Gasteiger partial charge in [-0.15, -0.1) is 11.3 Å². The van der Waals surface area contributed by atoms with E-state index in [2.05, 4.69) is 15.6 Å². The lowest BCUT2D eigenvalue weighted by Gasteiger charge is -2.26. The number of nitrogens with zero attached hydrogens (tertiary/aromatic N) is 2. The van der Waals surface area contributed by atoms with Gasteiger partial charge in [0.1, 0.15) is 4.88 Å². The van der Waals surface area contributed by atoms with Crippen LogP contribution in [-0.4, -0.2) is 49.2 Å². The molecule has 2 amide bonds. The van der Waals surface area contributed by atoms with Crippen LogP contribution in [0.1, 0.15) is 35.5 Å². The topological polar surface area (TPSA) is 108 Å². The Bertz CT molecular complexity index is 1010. The van der Waals surface area contributed by atoms with Crippen LogP contribution < -0.4 is 10.6 Å². The highest BCUT2D eigenvalue weighted by Gasteiger charge is 2.29. The first kappa shape index (κ1) is 20.4. The zero-order valence-corrected chi connectivity index (χ0v) is 17.5. The van der Waals surface area contributed by atoms with E-state index in [0.29, 0.717) is 10.6 Å². The summed E-state index contributed by atoms with van der Waals surface area (Å²) in [7, 11) is -3.82. The van der Waals surface area contributed by atoms with Gasteiger partial charge in [-0.1, -0.05) is 26.8 Å². The van der Waals surface area contributed by atoms with E-state index in [1.54, 1.807) is 12.1 Å². The second kappa shape index (κ2) is 7.61. The molecule has 1 aromatic carbocycles. The molecule has 10 heteroatoms. The smallest absolute Gasteiger partial charge is 0.267 e. The van der Waals surface area contributed by atoms with Gasteiger partial charge in [-0.3, -0.25) is 9.59 Å². The average molecular weight is 423 g/mol. The van der Waals surface area contributed by atoms with E-state index in [9.17, 15) is 18.0 Å². The highest BCUT2D eigenvalue weighted by Crippen LogP contribution is 2.27. The fraction of sp³-hybridized carbons (Fsp3) is 0.389. The Morgan fingerprint density at radius 1 is 1.32 bits per heavy atom. The molecule has 28 heavy (non-hydrogen) atoms. The number of piperazine rings is 1. The highest BCUT2D eigenvalue weighted by atomic mass is 32.2. The number of benzene rings is 1. The Balaban J connectivity index is 1.79. The van der Waals surface area contributed by atoms with Crippen LogP contribution in [0.5, 0.6) is 0 Å². The molecular weight excluding hydrogens is 400 g/mol. The van der Waals surface area contributed by atoms with Gasteiger partial charge in [-0.2, -0.15) is 4.31 Å². The number of aromatic nitrogens is 1. The van der Waals surface area contributed by atoms with E-state index >= 15 is 0 Å². The van der Waals surface area contributed by atoms with E-state index < -0.39 is 10.0 Å². The summed E-state index contributed by atoms with van der Waals surface area (Å²) in [6.07, 6.45) is 1.52. The largest absolute Gasteiger partial charge is 0.354 e. The van der Waals surface area contributed by atoms with Gasteiger partial charge >= 0.3 is 0 Å². The third-order valence-corrected chi connectivity index (χ3v) is 7.37. The molecule has 1 aliphatic heterocycles. The number of hydrogen-bond acceptors (Lipinski definition) is 6. The van der Waals surface area contributed by atoms with E-state index in [1.165, 1.54) is 29.7 Å². The summed E-state index contributed by atoms with van der Waals surface area (Å²) in [5.41, 5.74) is 0.205. The van der Waals surface area contributed by atoms with Crippen LogP contribution in [0.4, 0.5) is 5.69 Å². The molecule has 2 N–H and O–H groups in total. The molecule has 1 aromatic heterocycles. The van der Waals surface area contributed by atoms with Crippen LogP contribution in [0.2, 0.25) is 0 Å². The summed E-state index contributed by atoms with van der Waals surface area (Å²) in [6, 6.07) is 6.01. The van der Waals surface area contributed by atoms with Crippen molar-refractivity contribution in [3.63, 3.8) is 0 Å². The first-order chi connectivity index (χ1) is 13.1. The molecular formula is C18H22N4O4S2. The standard InChI is InChI=1S/C18H22N4O4S2/c1-18(2,3)17-20-10-14(27-17)16(24)21-12-5-4-6-13(9-12)28(25,26)22-8-7-19-15(23)11-22/h4-6,9-10H,7-8,11H2,1-3H3,(H,19,23)(H,21,24). The van der Waals surface area contributed by atoms with Crippen LogP contribution in [0, 0.1) is 0 Å². The fourth-order valence-corrected chi connectivity index (χ4v) is 4.93. The molecule has 0 radical (unpaired) electrons. The minimum atomic E-state index is -3.82. The van der Waals surface area contributed by atoms with Gasteiger partial charge in [0.15, 0.2) is 0 Å². The molecule has 1 saturated heterocycles. The van der Waals surface area contributed by atoms with Crippen LogP contribution in [0.25, 0.3) is 0 Å². The Hall–Kier alpha value is -2.30. The lowest BCUT2D eigenvalue weighted by molar-refractivity contribution is -0.122. The van der Waals surface area contributed by atoms with E-state index in [-0.39, 0.29) is 41.8 Å². The highest BCUT2D eigenvalue weighted by molar-refractivity contribution is 7.89. The number of carbonyl (C=O) groups excluding carboxylic acids is 2. The number of nitrogens with one attached hydrogen (secondary N) is 2. The molecule has 1 aliphatic rings. The fourth-order valence-electron chi connectivity index (χ4n) is 2.62. The molecule has 3 rings (SSSR count). The number of amides is 2. The molecule has 8 nitrogen and oxygen atoms in total. The monoisotopic (exact) mass is 422 g/mol. The summed E-state index contributed by atoms with van der Waals surface area (Å²) in [4.78, 5) is 28.8. The summed E-state index contributed by atoms with van der Waals surface area (Å²) in [5.74, 6) is -0.681. The van der Waals surface area contributed by atoms with Crippen LogP contribution in [0.15, 0.2) is 35.4 Å². The Morgan fingerprint density at radius 2 is 2.07 bits per heavy atom. The van der Waals surface area contributed by atoms with Gasteiger partial charge < -0.3 is 10.6 Å². The van der Waals surface area contributed by atoms with Crippen molar-refractivity contribution in [2.75, 3.05) is 25.0 Å². The van der Waals surface area contributed by atoms with Crippen LogP contribution in [0.3, 0.4) is 0 Å². The molecule has 0 unspecified atom stereocenters. The molecule has 0 aliphatic carbocycles. The molecule has 0 bridgehead atoms. The van der Waals surface area contributed by atoms with Crippen molar-refractivity contribution < 1.29 is 18.0 Å². The van der Waals surface area contributed by atoms with E-state index in [4.69, 9.17) is 0 Å². The van der Waals surface area contributed by atoms with Crippen molar-refractivity contribution >= 4 is 38.9 Å². The van der Waals surface area contributed by atoms with Crippen LogP contribution in [-0.2, 0) is 20.2 Å². The number of rotatable bonds is 4. The van der Waals surface area contributed by atoms with Crippen molar-refractivity contribution in [2.24, 2.45) is 0 Å². The second-order valence-corrected chi connectivity index (χ2v) is 10.4. The molecule has 2 heterocycles. The van der Waals surface area contributed by atoms with Crippen molar-refractivity contribution in [2.45, 2.75) is 31.1 Å². The van der Waals surface area contributed by atoms with Gasteiger partial charge in [0.05, 0.1) is 22.6 Å². The zero-order valence-electron chi connectivity index (χ0n) is 15.9. The maximum absolute atomic E-state index is 12.8. The van der Waals surface area contributed by atoms with Gasteiger partial charge in [-0.25, -0.2) is 13.4 Å². The summed E-state index contributed by atoms with van der Waals surface area (Å²) in [5, 5.41) is 6.16. The van der Waals surface area contributed by atoms with Crippen molar-refractivity contribution in [1.29, 1.82) is 0 Å². The van der Waals surface area contributed by atoms with Crippen molar-refractivity contribution in [1.82, 2.24) is 14.6 Å². The van der Waals surface area contributed by atoms with Crippen molar-refractivity contribution in [3.05, 3.63) is 40.3 Å². The lowest BCUT2D eigenvalue weighted by atomic mass is 9.98. The van der Waals surface area contributed by atoms with Gasteiger partial charge in [0.2, 0.25) is 15.9 Å². The quantitative estimate of drug-likeness (QED) is 0.781. The minimum Gasteiger partial charge on any atom is -0.354 e. The second-order valence-electron chi connectivity index (χ2n) is 7.45. The van der Waals surface area contributed by atoms with Gasteiger partial charge in [-0.05, 0) is 18.2 Å². The average Bonchev–Trinajstić information content (AvgIpc) is 3.13. The molecule has 150 valence electrons. The van der Waals surface area contributed by atoms with Crippen molar-refractivity contribution in [3.8, 4) is 0 Å². The van der Waals surface area contributed by atoms with Gasteiger partial charge in [0, 0.05) is 24.2 Å². The first-order valence-electron chi connectivity index (χ1n) is 8.72. The normalized spacial score (nSPS) is 15.9. The number of thiazole rings is 1. The number of hydrogen-bond donors (Lipinski definition) is 2. The third-order valence-electron chi connectivity index (χ3n) is 4.10. The Kier molecular flexibility index (Phi) is 5.55. The summed E-state index contributed by atoms with van der Waals surface area (Å²) < 4.78 is 26.7. The van der Waals surface area contributed by atoms with E-state index in [1.807, 2.05) is 20.8 Å². The SMILES string of the molecule is CC(C)(C)c1ncc(C(=O)Nc2cccc(S(=O)(=O)N3CCNC(=O)C3)c2)s1. The predicted octanol–water partition coefficient (Wildman–Crippen LogP) is 1.81. The molecule has 2 aromatic rings.